The SMILES string of the molecule is CC1CC1C(Cl)c1ccc2c3c(cccc13)CC2. The molecule has 0 aliphatic heterocycles. The molecule has 4 rings (SSSR count). The van der Waals surface area contributed by atoms with Crippen LogP contribution in [0.4, 0.5) is 0 Å². The lowest BCUT2D eigenvalue weighted by molar-refractivity contribution is 0.726. The predicted molar refractivity (Wildman–Crippen MR) is 77.2 cm³/mol. The van der Waals surface area contributed by atoms with Crippen molar-refractivity contribution < 1.29 is 0 Å². The minimum absolute atomic E-state index is 0.199. The van der Waals surface area contributed by atoms with E-state index in [1.807, 2.05) is 0 Å². The molecule has 0 saturated heterocycles. The van der Waals surface area contributed by atoms with Gasteiger partial charge in [0.15, 0.2) is 0 Å². The van der Waals surface area contributed by atoms with Gasteiger partial charge in [0.2, 0.25) is 0 Å². The van der Waals surface area contributed by atoms with Crippen LogP contribution in [0.15, 0.2) is 30.3 Å². The van der Waals surface area contributed by atoms with Crippen molar-refractivity contribution in [2.24, 2.45) is 11.8 Å². The molecule has 2 aromatic rings. The van der Waals surface area contributed by atoms with Crippen LogP contribution >= 0.6 is 11.6 Å². The molecule has 0 N–H and O–H groups in total. The molecule has 1 saturated carbocycles. The summed E-state index contributed by atoms with van der Waals surface area (Å²) in [5.74, 6) is 1.49. The standard InChI is InChI=1S/C17H17Cl/c1-10-9-15(10)17(18)14-8-7-12-6-5-11-3-2-4-13(14)16(11)12/h2-4,7-8,10,15,17H,5-6,9H2,1H3. The number of hydrogen-bond acceptors (Lipinski definition) is 0. The summed E-state index contributed by atoms with van der Waals surface area (Å²) in [6.07, 6.45) is 3.68. The summed E-state index contributed by atoms with van der Waals surface area (Å²) < 4.78 is 0. The Balaban J connectivity index is 1.92. The molecule has 0 radical (unpaired) electrons. The Bertz CT molecular complexity index is 619. The third-order valence-corrected chi connectivity index (χ3v) is 5.31. The van der Waals surface area contributed by atoms with E-state index in [1.54, 1.807) is 0 Å². The van der Waals surface area contributed by atoms with Crippen molar-refractivity contribution in [3.8, 4) is 0 Å². The lowest BCUT2D eigenvalue weighted by Gasteiger charge is -2.14. The molecule has 1 fully saturated rings. The molecule has 3 atom stereocenters. The van der Waals surface area contributed by atoms with Gasteiger partial charge in [-0.2, -0.15) is 0 Å². The number of benzene rings is 2. The van der Waals surface area contributed by atoms with Crippen LogP contribution in [0.5, 0.6) is 0 Å². The highest BCUT2D eigenvalue weighted by Gasteiger charge is 2.39. The van der Waals surface area contributed by atoms with Gasteiger partial charge in [0.25, 0.3) is 0 Å². The van der Waals surface area contributed by atoms with E-state index in [9.17, 15) is 0 Å². The zero-order chi connectivity index (χ0) is 12.3. The first-order valence-electron chi connectivity index (χ1n) is 6.93. The Morgan fingerprint density at radius 3 is 2.56 bits per heavy atom. The maximum absolute atomic E-state index is 6.70. The fourth-order valence-corrected chi connectivity index (χ4v) is 4.04. The number of aryl methyl sites for hydroxylation is 2. The summed E-state index contributed by atoms with van der Waals surface area (Å²) in [7, 11) is 0. The van der Waals surface area contributed by atoms with Gasteiger partial charge < -0.3 is 0 Å². The highest BCUT2D eigenvalue weighted by Crippen LogP contribution is 2.51. The Morgan fingerprint density at radius 2 is 1.83 bits per heavy atom. The van der Waals surface area contributed by atoms with Crippen LogP contribution in [-0.4, -0.2) is 0 Å². The molecule has 1 heteroatoms. The molecule has 0 amide bonds. The first kappa shape index (κ1) is 10.9. The van der Waals surface area contributed by atoms with Crippen molar-refractivity contribution in [2.45, 2.75) is 31.6 Å². The summed E-state index contributed by atoms with van der Waals surface area (Å²) in [5, 5.41) is 3.10. The summed E-state index contributed by atoms with van der Waals surface area (Å²) in [6, 6.07) is 11.3. The second kappa shape index (κ2) is 3.74. The third-order valence-electron chi connectivity index (χ3n) is 4.76. The van der Waals surface area contributed by atoms with Crippen LogP contribution in [0.25, 0.3) is 10.8 Å². The molecule has 0 bridgehead atoms. The van der Waals surface area contributed by atoms with Crippen molar-refractivity contribution >= 4 is 22.4 Å². The quantitative estimate of drug-likeness (QED) is 0.672. The maximum atomic E-state index is 6.70. The van der Waals surface area contributed by atoms with E-state index in [2.05, 4.69) is 37.3 Å². The van der Waals surface area contributed by atoms with Crippen LogP contribution in [0.3, 0.4) is 0 Å². The molecule has 0 aromatic heterocycles. The minimum Gasteiger partial charge on any atom is -0.117 e. The van der Waals surface area contributed by atoms with Gasteiger partial charge in [0.05, 0.1) is 5.38 Å². The normalized spacial score (nSPS) is 26.6. The van der Waals surface area contributed by atoms with E-state index in [1.165, 1.54) is 46.7 Å². The van der Waals surface area contributed by atoms with Crippen LogP contribution < -0.4 is 0 Å². The van der Waals surface area contributed by atoms with Gasteiger partial charge in [-0.15, -0.1) is 11.6 Å². The molecule has 2 aromatic carbocycles. The zero-order valence-corrected chi connectivity index (χ0v) is 11.4. The van der Waals surface area contributed by atoms with Crippen molar-refractivity contribution in [3.63, 3.8) is 0 Å². The molecule has 92 valence electrons. The third kappa shape index (κ3) is 1.45. The molecule has 2 aliphatic carbocycles. The van der Waals surface area contributed by atoms with Crippen molar-refractivity contribution in [2.75, 3.05) is 0 Å². The smallest absolute Gasteiger partial charge is 0.0622 e. The monoisotopic (exact) mass is 256 g/mol. The number of hydrogen-bond donors (Lipinski definition) is 0. The molecule has 2 aliphatic rings. The first-order chi connectivity index (χ1) is 8.75. The van der Waals surface area contributed by atoms with E-state index in [4.69, 9.17) is 11.6 Å². The number of alkyl halides is 1. The first-order valence-corrected chi connectivity index (χ1v) is 7.37. The van der Waals surface area contributed by atoms with E-state index >= 15 is 0 Å². The second-order valence-corrected chi connectivity index (χ2v) is 6.40. The van der Waals surface area contributed by atoms with E-state index in [0.717, 1.165) is 5.92 Å². The summed E-state index contributed by atoms with van der Waals surface area (Å²) in [5.41, 5.74) is 4.38. The van der Waals surface area contributed by atoms with Gasteiger partial charge in [-0.25, -0.2) is 0 Å². The fraction of sp³-hybridized carbons (Fsp3) is 0.412. The van der Waals surface area contributed by atoms with E-state index < -0.39 is 0 Å². The molecule has 3 unspecified atom stereocenters. The summed E-state index contributed by atoms with van der Waals surface area (Å²) in [4.78, 5) is 0. The van der Waals surface area contributed by atoms with Crippen LogP contribution in [0, 0.1) is 11.8 Å². The Labute approximate surface area is 113 Å². The fourth-order valence-electron chi connectivity index (χ4n) is 3.50. The van der Waals surface area contributed by atoms with Crippen LogP contribution in [0.2, 0.25) is 0 Å². The molecule has 0 heterocycles. The van der Waals surface area contributed by atoms with E-state index in [-0.39, 0.29) is 5.38 Å². The zero-order valence-electron chi connectivity index (χ0n) is 10.6. The van der Waals surface area contributed by atoms with Gasteiger partial charge in [0, 0.05) is 0 Å². The van der Waals surface area contributed by atoms with Crippen LogP contribution in [0.1, 0.15) is 35.4 Å². The minimum atomic E-state index is 0.199. The van der Waals surface area contributed by atoms with Gasteiger partial charge in [-0.1, -0.05) is 37.3 Å². The van der Waals surface area contributed by atoms with Gasteiger partial charge >= 0.3 is 0 Å². The number of rotatable bonds is 2. The van der Waals surface area contributed by atoms with Crippen molar-refractivity contribution in [1.82, 2.24) is 0 Å². The average Bonchev–Trinajstić information content (AvgIpc) is 2.97. The Morgan fingerprint density at radius 1 is 1.11 bits per heavy atom. The van der Waals surface area contributed by atoms with Crippen molar-refractivity contribution in [1.29, 1.82) is 0 Å². The predicted octanol–water partition coefficient (Wildman–Crippen LogP) is 4.87. The van der Waals surface area contributed by atoms with Gasteiger partial charge in [0.1, 0.15) is 0 Å². The Hall–Kier alpha value is -1.01. The van der Waals surface area contributed by atoms with Crippen LogP contribution in [-0.2, 0) is 12.8 Å². The second-order valence-electron chi connectivity index (χ2n) is 5.93. The largest absolute Gasteiger partial charge is 0.117 e. The molecular formula is C17H17Cl. The van der Waals surface area contributed by atoms with Crippen molar-refractivity contribution in [3.05, 3.63) is 47.0 Å². The highest BCUT2D eigenvalue weighted by atomic mass is 35.5. The average molecular weight is 257 g/mol. The molecular weight excluding hydrogens is 240 g/mol. The lowest BCUT2D eigenvalue weighted by Crippen LogP contribution is -1.96. The summed E-state index contributed by atoms with van der Waals surface area (Å²) in [6.45, 7) is 2.31. The maximum Gasteiger partial charge on any atom is 0.0622 e. The topological polar surface area (TPSA) is 0 Å². The molecule has 18 heavy (non-hydrogen) atoms. The highest BCUT2D eigenvalue weighted by molar-refractivity contribution is 6.22. The van der Waals surface area contributed by atoms with Gasteiger partial charge in [-0.3, -0.25) is 0 Å². The van der Waals surface area contributed by atoms with E-state index in [0.29, 0.717) is 5.92 Å². The number of halogens is 1. The van der Waals surface area contributed by atoms with Gasteiger partial charge in [-0.05, 0) is 58.6 Å². The lowest BCUT2D eigenvalue weighted by atomic mass is 9.96. The Kier molecular flexibility index (Phi) is 2.26. The summed E-state index contributed by atoms with van der Waals surface area (Å²) >= 11 is 6.70. The molecule has 0 spiro atoms. The molecule has 0 nitrogen and oxygen atoms in total.